The Balaban J connectivity index is 2.29. The highest BCUT2D eigenvalue weighted by Crippen LogP contribution is 2.14. The monoisotopic (exact) mass is 216 g/mol. The van der Waals surface area contributed by atoms with Gasteiger partial charge in [-0.2, -0.15) is 0 Å². The van der Waals surface area contributed by atoms with Crippen molar-refractivity contribution in [1.29, 1.82) is 0 Å². The second-order valence-corrected chi connectivity index (χ2v) is 4.20. The third-order valence-electron chi connectivity index (χ3n) is 2.67. The highest BCUT2D eigenvalue weighted by molar-refractivity contribution is 6.41. The van der Waals surface area contributed by atoms with Crippen molar-refractivity contribution in [3.05, 3.63) is 11.6 Å². The van der Waals surface area contributed by atoms with Crippen LogP contribution in [0.2, 0.25) is 0 Å². The lowest BCUT2D eigenvalue weighted by Crippen LogP contribution is -2.44. The van der Waals surface area contributed by atoms with Crippen molar-refractivity contribution in [3.63, 3.8) is 0 Å². The summed E-state index contributed by atoms with van der Waals surface area (Å²) in [4.78, 5) is 13.4. The molecule has 0 spiro atoms. The van der Waals surface area contributed by atoms with Gasteiger partial charge >= 0.3 is 0 Å². The molecule has 14 heavy (non-hydrogen) atoms. The fourth-order valence-corrected chi connectivity index (χ4v) is 1.78. The lowest BCUT2D eigenvalue weighted by atomic mass is 10.0. The fourth-order valence-electron chi connectivity index (χ4n) is 1.71. The first-order valence-electron chi connectivity index (χ1n) is 4.94. The van der Waals surface area contributed by atoms with Gasteiger partial charge in [-0.05, 0) is 26.4 Å². The van der Waals surface area contributed by atoms with Gasteiger partial charge in [0.2, 0.25) is 0 Å². The minimum absolute atomic E-state index is 0.0588. The zero-order valence-electron chi connectivity index (χ0n) is 8.55. The van der Waals surface area contributed by atoms with Crippen molar-refractivity contribution in [2.75, 3.05) is 20.1 Å². The molecule has 1 saturated heterocycles. The molecule has 1 unspecified atom stereocenters. The molecule has 3 nitrogen and oxygen atoms in total. The number of piperidine rings is 1. The highest BCUT2D eigenvalue weighted by Gasteiger charge is 2.19. The molecule has 1 aliphatic rings. The van der Waals surface area contributed by atoms with E-state index in [1.54, 1.807) is 0 Å². The van der Waals surface area contributed by atoms with Gasteiger partial charge < -0.3 is 10.2 Å². The largest absolute Gasteiger partial charge is 0.350 e. The van der Waals surface area contributed by atoms with E-state index in [2.05, 4.69) is 23.8 Å². The summed E-state index contributed by atoms with van der Waals surface area (Å²) >= 11 is 5.46. The van der Waals surface area contributed by atoms with E-state index in [-0.39, 0.29) is 10.9 Å². The Kier molecular flexibility index (Phi) is 4.42. The van der Waals surface area contributed by atoms with Crippen molar-refractivity contribution in [2.24, 2.45) is 0 Å². The van der Waals surface area contributed by atoms with E-state index in [0.29, 0.717) is 12.6 Å². The maximum Gasteiger partial charge on any atom is 0.262 e. The first-order valence-corrected chi connectivity index (χ1v) is 5.32. The number of amides is 1. The Hall–Kier alpha value is -0.540. The molecular formula is C10H17ClN2O. The third kappa shape index (κ3) is 3.31. The molecule has 1 N–H and O–H groups in total. The fraction of sp³-hybridized carbons (Fsp3) is 0.700. The van der Waals surface area contributed by atoms with Crippen LogP contribution in [0.1, 0.15) is 19.3 Å². The molecule has 0 aromatic heterocycles. The Bertz CT molecular complexity index is 230. The van der Waals surface area contributed by atoms with Crippen molar-refractivity contribution in [1.82, 2.24) is 10.2 Å². The number of hydrogen-bond donors (Lipinski definition) is 1. The summed E-state index contributed by atoms with van der Waals surface area (Å²) in [7, 11) is 2.09. The molecule has 0 aromatic carbocycles. The van der Waals surface area contributed by atoms with Gasteiger partial charge in [0, 0.05) is 12.6 Å². The van der Waals surface area contributed by atoms with Crippen LogP contribution in [-0.4, -0.2) is 37.0 Å². The molecule has 0 bridgehead atoms. The van der Waals surface area contributed by atoms with Crippen LogP contribution >= 0.6 is 11.6 Å². The van der Waals surface area contributed by atoms with E-state index in [1.807, 2.05) is 0 Å². The molecule has 1 rings (SSSR count). The van der Waals surface area contributed by atoms with Crippen LogP contribution in [0.3, 0.4) is 0 Å². The number of carbonyl (C=O) groups is 1. The first-order chi connectivity index (χ1) is 6.61. The number of likely N-dealkylation sites (N-methyl/N-ethyl adjacent to an activating group) is 1. The van der Waals surface area contributed by atoms with Crippen LogP contribution in [0, 0.1) is 0 Å². The van der Waals surface area contributed by atoms with Gasteiger partial charge in [0.05, 0.1) is 5.03 Å². The van der Waals surface area contributed by atoms with Crippen LogP contribution in [0.4, 0.5) is 0 Å². The SMILES string of the molecule is C=C(Cl)C(=O)NCC1CCCCN1C. The maximum absolute atomic E-state index is 11.1. The van der Waals surface area contributed by atoms with Gasteiger partial charge in [0.25, 0.3) is 5.91 Å². The number of hydrogen-bond acceptors (Lipinski definition) is 2. The summed E-state index contributed by atoms with van der Waals surface area (Å²) in [5.41, 5.74) is 0. The average Bonchev–Trinajstić information content (AvgIpc) is 2.16. The minimum Gasteiger partial charge on any atom is -0.350 e. The van der Waals surface area contributed by atoms with Crippen molar-refractivity contribution in [2.45, 2.75) is 25.3 Å². The molecule has 0 radical (unpaired) electrons. The standard InChI is InChI=1S/C10H17ClN2O/c1-8(11)10(14)12-7-9-5-3-4-6-13(9)2/h9H,1,3-7H2,2H3,(H,12,14). The van der Waals surface area contributed by atoms with Crippen LogP contribution in [0.5, 0.6) is 0 Å². The number of rotatable bonds is 3. The number of nitrogens with one attached hydrogen (secondary N) is 1. The van der Waals surface area contributed by atoms with E-state index in [1.165, 1.54) is 12.8 Å². The summed E-state index contributed by atoms with van der Waals surface area (Å²) in [5, 5.41) is 2.83. The molecule has 0 aliphatic carbocycles. The summed E-state index contributed by atoms with van der Waals surface area (Å²) in [6.07, 6.45) is 3.64. The summed E-state index contributed by atoms with van der Waals surface area (Å²) in [6, 6.07) is 0.448. The van der Waals surface area contributed by atoms with E-state index >= 15 is 0 Å². The normalized spacial score (nSPS) is 23.1. The van der Waals surface area contributed by atoms with Crippen LogP contribution < -0.4 is 5.32 Å². The zero-order valence-corrected chi connectivity index (χ0v) is 9.31. The summed E-state index contributed by atoms with van der Waals surface area (Å²) < 4.78 is 0. The Labute approximate surface area is 90.1 Å². The van der Waals surface area contributed by atoms with Crippen molar-refractivity contribution < 1.29 is 4.79 Å². The number of carbonyl (C=O) groups excluding carboxylic acids is 1. The van der Waals surface area contributed by atoms with E-state index in [4.69, 9.17) is 11.6 Å². The van der Waals surface area contributed by atoms with E-state index in [9.17, 15) is 4.79 Å². The van der Waals surface area contributed by atoms with Crippen LogP contribution in [0.25, 0.3) is 0 Å². The number of nitrogens with zero attached hydrogens (tertiary/aromatic N) is 1. The van der Waals surface area contributed by atoms with Gasteiger partial charge in [0.1, 0.15) is 0 Å². The molecule has 0 aromatic rings. The molecule has 1 heterocycles. The van der Waals surface area contributed by atoms with Gasteiger partial charge in [0.15, 0.2) is 0 Å². The van der Waals surface area contributed by atoms with E-state index in [0.717, 1.165) is 13.0 Å². The van der Waals surface area contributed by atoms with E-state index < -0.39 is 0 Å². The number of likely N-dealkylation sites (tertiary alicyclic amines) is 1. The lowest BCUT2D eigenvalue weighted by molar-refractivity contribution is -0.117. The van der Waals surface area contributed by atoms with Gasteiger partial charge in [-0.15, -0.1) is 0 Å². The van der Waals surface area contributed by atoms with Crippen molar-refractivity contribution >= 4 is 17.5 Å². The predicted molar refractivity (Wildman–Crippen MR) is 58.3 cm³/mol. The minimum atomic E-state index is -0.259. The van der Waals surface area contributed by atoms with Gasteiger partial charge in [-0.3, -0.25) is 4.79 Å². The third-order valence-corrected chi connectivity index (χ3v) is 2.84. The van der Waals surface area contributed by atoms with Crippen molar-refractivity contribution in [3.8, 4) is 0 Å². The van der Waals surface area contributed by atoms with Crippen LogP contribution in [-0.2, 0) is 4.79 Å². The molecule has 0 saturated carbocycles. The highest BCUT2D eigenvalue weighted by atomic mass is 35.5. The average molecular weight is 217 g/mol. The summed E-state index contributed by atoms with van der Waals surface area (Å²) in [6.45, 7) is 5.16. The molecule has 80 valence electrons. The topological polar surface area (TPSA) is 32.3 Å². The number of halogens is 1. The predicted octanol–water partition coefficient (Wildman–Crippen LogP) is 1.34. The zero-order chi connectivity index (χ0) is 10.6. The molecule has 1 aliphatic heterocycles. The lowest BCUT2D eigenvalue weighted by Gasteiger charge is -2.32. The Morgan fingerprint density at radius 2 is 2.36 bits per heavy atom. The Morgan fingerprint density at radius 1 is 1.64 bits per heavy atom. The smallest absolute Gasteiger partial charge is 0.262 e. The molecule has 1 fully saturated rings. The first kappa shape index (κ1) is 11.5. The molecule has 1 amide bonds. The Morgan fingerprint density at radius 3 is 2.93 bits per heavy atom. The molecular weight excluding hydrogens is 200 g/mol. The maximum atomic E-state index is 11.1. The second-order valence-electron chi connectivity index (χ2n) is 3.75. The molecule has 1 atom stereocenters. The quantitative estimate of drug-likeness (QED) is 0.723. The molecule has 4 heteroatoms. The van der Waals surface area contributed by atoms with Crippen LogP contribution in [0.15, 0.2) is 11.6 Å². The van der Waals surface area contributed by atoms with Gasteiger partial charge in [-0.25, -0.2) is 0 Å². The van der Waals surface area contributed by atoms with Gasteiger partial charge in [-0.1, -0.05) is 24.6 Å². The summed E-state index contributed by atoms with van der Waals surface area (Å²) in [5.74, 6) is -0.259. The second kappa shape index (κ2) is 5.37.